The first-order valence-corrected chi connectivity index (χ1v) is 6.83. The molecule has 19 heavy (non-hydrogen) atoms. The Balaban J connectivity index is 2.38. The van der Waals surface area contributed by atoms with Crippen molar-refractivity contribution in [3.05, 3.63) is 23.8 Å². The van der Waals surface area contributed by atoms with E-state index >= 15 is 0 Å². The van der Waals surface area contributed by atoms with Gasteiger partial charge in [-0.1, -0.05) is 19.1 Å². The molecule has 0 bridgehead atoms. The van der Waals surface area contributed by atoms with E-state index in [1.807, 2.05) is 6.07 Å². The van der Waals surface area contributed by atoms with E-state index in [1.165, 1.54) is 5.56 Å². The standard InChI is InChI=1S/C15H23BO3/c1-7-11-8-9-13(17-6)12(10-11)16-18-14(2,3)15(4,5)19-16/h8-10H,7H2,1-6H3. The molecule has 0 atom stereocenters. The van der Waals surface area contributed by atoms with Crippen molar-refractivity contribution in [3.63, 3.8) is 0 Å². The van der Waals surface area contributed by atoms with Crippen molar-refractivity contribution in [1.82, 2.24) is 0 Å². The predicted octanol–water partition coefficient (Wildman–Crippen LogP) is 2.56. The molecule has 1 aliphatic rings. The quantitative estimate of drug-likeness (QED) is 0.783. The highest BCUT2D eigenvalue weighted by Crippen LogP contribution is 2.37. The molecule has 1 saturated heterocycles. The van der Waals surface area contributed by atoms with E-state index in [0.29, 0.717) is 0 Å². The van der Waals surface area contributed by atoms with Gasteiger partial charge in [0.15, 0.2) is 0 Å². The second-order valence-electron chi connectivity index (χ2n) is 6.02. The first-order chi connectivity index (χ1) is 8.80. The van der Waals surface area contributed by atoms with Gasteiger partial charge in [0.25, 0.3) is 0 Å². The summed E-state index contributed by atoms with van der Waals surface area (Å²) in [6, 6.07) is 6.17. The van der Waals surface area contributed by atoms with E-state index in [1.54, 1.807) is 7.11 Å². The lowest BCUT2D eigenvalue weighted by Crippen LogP contribution is -2.41. The molecule has 1 aromatic rings. The second-order valence-corrected chi connectivity index (χ2v) is 6.02. The average Bonchev–Trinajstić information content (AvgIpc) is 2.57. The Morgan fingerprint density at radius 3 is 2.16 bits per heavy atom. The maximum absolute atomic E-state index is 6.09. The second kappa shape index (κ2) is 4.84. The molecule has 1 heterocycles. The summed E-state index contributed by atoms with van der Waals surface area (Å²) in [4.78, 5) is 0. The van der Waals surface area contributed by atoms with E-state index < -0.39 is 0 Å². The fourth-order valence-electron chi connectivity index (χ4n) is 2.16. The van der Waals surface area contributed by atoms with Crippen LogP contribution < -0.4 is 10.2 Å². The summed E-state index contributed by atoms with van der Waals surface area (Å²) in [5, 5.41) is 0. The molecule has 0 aliphatic carbocycles. The first-order valence-electron chi connectivity index (χ1n) is 6.83. The summed E-state index contributed by atoms with van der Waals surface area (Å²) in [5.41, 5.74) is 1.57. The lowest BCUT2D eigenvalue weighted by molar-refractivity contribution is 0.00578. The van der Waals surface area contributed by atoms with Crippen LogP contribution in [0, 0.1) is 0 Å². The van der Waals surface area contributed by atoms with E-state index in [4.69, 9.17) is 14.0 Å². The summed E-state index contributed by atoms with van der Waals surface area (Å²) in [6.45, 7) is 10.4. The highest BCUT2D eigenvalue weighted by atomic mass is 16.7. The van der Waals surface area contributed by atoms with Crippen LogP contribution in [0.15, 0.2) is 18.2 Å². The van der Waals surface area contributed by atoms with E-state index in [-0.39, 0.29) is 18.3 Å². The minimum Gasteiger partial charge on any atom is -0.497 e. The molecule has 0 amide bonds. The van der Waals surface area contributed by atoms with Crippen LogP contribution >= 0.6 is 0 Å². The summed E-state index contributed by atoms with van der Waals surface area (Å²) in [5.74, 6) is 0.815. The largest absolute Gasteiger partial charge is 0.498 e. The molecule has 0 radical (unpaired) electrons. The van der Waals surface area contributed by atoms with Gasteiger partial charge in [-0.25, -0.2) is 0 Å². The third-order valence-corrected chi connectivity index (χ3v) is 4.21. The highest BCUT2D eigenvalue weighted by molar-refractivity contribution is 6.63. The molecule has 0 aromatic heterocycles. The Kier molecular flexibility index (Phi) is 3.67. The average molecular weight is 262 g/mol. The zero-order valence-electron chi connectivity index (χ0n) is 12.7. The van der Waals surface area contributed by atoms with E-state index in [2.05, 4.69) is 46.8 Å². The molecular weight excluding hydrogens is 239 g/mol. The summed E-state index contributed by atoms with van der Waals surface area (Å²) < 4.78 is 17.6. The summed E-state index contributed by atoms with van der Waals surface area (Å²) >= 11 is 0. The van der Waals surface area contributed by atoms with Crippen molar-refractivity contribution in [2.24, 2.45) is 0 Å². The molecule has 2 rings (SSSR count). The minimum atomic E-state index is -0.369. The fourth-order valence-corrected chi connectivity index (χ4v) is 2.16. The van der Waals surface area contributed by atoms with Crippen molar-refractivity contribution in [2.45, 2.75) is 52.2 Å². The van der Waals surface area contributed by atoms with Crippen LogP contribution in [0.25, 0.3) is 0 Å². The van der Waals surface area contributed by atoms with Crippen LogP contribution in [-0.2, 0) is 15.7 Å². The number of aryl methyl sites for hydroxylation is 1. The Morgan fingerprint density at radius 1 is 1.11 bits per heavy atom. The lowest BCUT2D eigenvalue weighted by atomic mass is 9.77. The van der Waals surface area contributed by atoms with Gasteiger partial charge in [0.2, 0.25) is 0 Å². The molecule has 0 N–H and O–H groups in total. The van der Waals surface area contributed by atoms with Crippen molar-refractivity contribution < 1.29 is 14.0 Å². The monoisotopic (exact) mass is 262 g/mol. The Bertz CT molecular complexity index is 452. The molecule has 4 heteroatoms. The third-order valence-electron chi connectivity index (χ3n) is 4.21. The molecule has 1 fully saturated rings. The van der Waals surface area contributed by atoms with E-state index in [0.717, 1.165) is 17.6 Å². The Labute approximate surface area is 116 Å². The minimum absolute atomic E-state index is 0.328. The first kappa shape index (κ1) is 14.4. The fraction of sp³-hybridized carbons (Fsp3) is 0.600. The molecule has 0 unspecified atom stereocenters. The maximum atomic E-state index is 6.09. The zero-order valence-corrected chi connectivity index (χ0v) is 12.7. The Hall–Kier alpha value is -0.995. The molecule has 0 spiro atoms. The summed E-state index contributed by atoms with van der Waals surface area (Å²) in [7, 11) is 1.31. The van der Waals surface area contributed by atoms with Gasteiger partial charge in [-0.2, -0.15) is 0 Å². The highest BCUT2D eigenvalue weighted by Gasteiger charge is 2.52. The maximum Gasteiger partial charge on any atom is 0.498 e. The lowest BCUT2D eigenvalue weighted by Gasteiger charge is -2.32. The van der Waals surface area contributed by atoms with E-state index in [9.17, 15) is 0 Å². The number of methoxy groups -OCH3 is 1. The van der Waals surface area contributed by atoms with Gasteiger partial charge in [-0.15, -0.1) is 0 Å². The molecule has 0 saturated carbocycles. The van der Waals surface area contributed by atoms with Gasteiger partial charge in [0.05, 0.1) is 18.3 Å². The number of hydrogen-bond donors (Lipinski definition) is 0. The third kappa shape index (κ3) is 2.52. The number of benzene rings is 1. The van der Waals surface area contributed by atoms with Gasteiger partial charge in [-0.3, -0.25) is 0 Å². The zero-order chi connectivity index (χ0) is 14.3. The SMILES string of the molecule is CCc1ccc(OC)c(B2OC(C)(C)C(C)(C)O2)c1. The predicted molar refractivity (Wildman–Crippen MR) is 78.1 cm³/mol. The van der Waals surface area contributed by atoms with Crippen molar-refractivity contribution in [3.8, 4) is 5.75 Å². The van der Waals surface area contributed by atoms with Crippen LogP contribution in [0.5, 0.6) is 5.75 Å². The van der Waals surface area contributed by atoms with Gasteiger partial charge < -0.3 is 14.0 Å². The van der Waals surface area contributed by atoms with Gasteiger partial charge >= 0.3 is 7.12 Å². The van der Waals surface area contributed by atoms with Gasteiger partial charge in [-0.05, 0) is 45.7 Å². The molecule has 3 nitrogen and oxygen atoms in total. The number of rotatable bonds is 3. The molecular formula is C15H23BO3. The van der Waals surface area contributed by atoms with Gasteiger partial charge in [0, 0.05) is 5.46 Å². The molecule has 1 aliphatic heterocycles. The Morgan fingerprint density at radius 2 is 1.68 bits per heavy atom. The van der Waals surface area contributed by atoms with Gasteiger partial charge in [0.1, 0.15) is 5.75 Å². The summed E-state index contributed by atoms with van der Waals surface area (Å²) in [6.07, 6.45) is 0.983. The van der Waals surface area contributed by atoms with Crippen LogP contribution in [-0.4, -0.2) is 25.4 Å². The smallest absolute Gasteiger partial charge is 0.497 e. The molecule has 1 aromatic carbocycles. The van der Waals surface area contributed by atoms with Crippen molar-refractivity contribution in [1.29, 1.82) is 0 Å². The number of hydrogen-bond acceptors (Lipinski definition) is 3. The topological polar surface area (TPSA) is 27.7 Å². The van der Waals surface area contributed by atoms with Crippen LogP contribution in [0.3, 0.4) is 0 Å². The van der Waals surface area contributed by atoms with Crippen LogP contribution in [0.1, 0.15) is 40.2 Å². The normalized spacial score (nSPS) is 20.6. The number of ether oxygens (including phenoxy) is 1. The van der Waals surface area contributed by atoms with Crippen LogP contribution in [0.2, 0.25) is 0 Å². The van der Waals surface area contributed by atoms with Crippen molar-refractivity contribution >= 4 is 12.6 Å². The molecule has 104 valence electrons. The van der Waals surface area contributed by atoms with Crippen molar-refractivity contribution in [2.75, 3.05) is 7.11 Å². The van der Waals surface area contributed by atoms with Crippen LogP contribution in [0.4, 0.5) is 0 Å².